The summed E-state index contributed by atoms with van der Waals surface area (Å²) in [5.74, 6) is -3.38. The number of carbonyl (C=O) groups excluding carboxylic acids is 4. The highest BCUT2D eigenvalue weighted by Crippen LogP contribution is 2.34. The molecular weight excluding hydrogens is 358 g/mol. The first-order valence-corrected chi connectivity index (χ1v) is 8.85. The lowest BCUT2D eigenvalue weighted by atomic mass is 9.72. The molecule has 0 spiro atoms. The summed E-state index contributed by atoms with van der Waals surface area (Å²) in [6.45, 7) is 3.28. The van der Waals surface area contributed by atoms with Gasteiger partial charge in [-0.25, -0.2) is 0 Å². The van der Waals surface area contributed by atoms with Crippen molar-refractivity contribution in [2.45, 2.75) is 26.9 Å². The maximum atomic E-state index is 13.2. The summed E-state index contributed by atoms with van der Waals surface area (Å²) in [5, 5.41) is 0. The van der Waals surface area contributed by atoms with Crippen molar-refractivity contribution in [3.63, 3.8) is 0 Å². The Morgan fingerprint density at radius 1 is 1.00 bits per heavy atom. The summed E-state index contributed by atoms with van der Waals surface area (Å²) in [7, 11) is 0. The summed E-state index contributed by atoms with van der Waals surface area (Å²) in [6, 6.07) is 15.1. The maximum absolute atomic E-state index is 13.2. The first kappa shape index (κ1) is 21.0. The van der Waals surface area contributed by atoms with Crippen molar-refractivity contribution in [1.29, 1.82) is 0 Å². The largest absolute Gasteiger partial charge is 0.460 e. The van der Waals surface area contributed by atoms with Crippen molar-refractivity contribution in [2.24, 2.45) is 17.1 Å². The summed E-state index contributed by atoms with van der Waals surface area (Å²) in [4.78, 5) is 48.9. The molecule has 0 aliphatic carbocycles. The minimum Gasteiger partial charge on any atom is -0.460 e. The molecule has 1 atom stereocenters. The Labute approximate surface area is 163 Å². The summed E-state index contributed by atoms with van der Waals surface area (Å²) in [6.07, 6.45) is 0.632. The Bertz CT molecular complexity index is 874. The van der Waals surface area contributed by atoms with Crippen LogP contribution in [-0.4, -0.2) is 23.9 Å². The minimum absolute atomic E-state index is 0.00190. The van der Waals surface area contributed by atoms with E-state index >= 15 is 0 Å². The first-order valence-electron chi connectivity index (χ1n) is 8.85. The minimum atomic E-state index is -1.26. The van der Waals surface area contributed by atoms with E-state index in [9.17, 15) is 19.2 Å². The predicted molar refractivity (Wildman–Crippen MR) is 103 cm³/mol. The van der Waals surface area contributed by atoms with Crippen molar-refractivity contribution < 1.29 is 23.9 Å². The SMILES string of the molecule is CC(C)(CC=O)C(C(=O)OCc1ccccc1)C(=O)c1ccccc1C(N)=O. The fraction of sp³-hybridized carbons (Fsp3) is 0.273. The maximum Gasteiger partial charge on any atom is 0.317 e. The molecule has 28 heavy (non-hydrogen) atoms. The summed E-state index contributed by atoms with van der Waals surface area (Å²) < 4.78 is 5.37. The summed E-state index contributed by atoms with van der Waals surface area (Å²) >= 11 is 0. The van der Waals surface area contributed by atoms with Crippen molar-refractivity contribution in [3.8, 4) is 0 Å². The van der Waals surface area contributed by atoms with E-state index in [1.54, 1.807) is 38.1 Å². The monoisotopic (exact) mass is 381 g/mol. The second kappa shape index (κ2) is 9.08. The topological polar surface area (TPSA) is 104 Å². The van der Waals surface area contributed by atoms with Gasteiger partial charge in [0.25, 0.3) is 0 Å². The molecule has 2 aromatic rings. The number of primary amides is 1. The van der Waals surface area contributed by atoms with Crippen molar-refractivity contribution in [1.82, 2.24) is 0 Å². The molecule has 0 bridgehead atoms. The standard InChI is InChI=1S/C22H23NO5/c1-22(2,12-13-24)18(21(27)28-14-15-8-4-3-5-9-15)19(25)16-10-6-7-11-17(16)20(23)26/h3-11,13,18H,12,14H2,1-2H3,(H2,23,26). The van der Waals surface area contributed by atoms with Crippen molar-refractivity contribution >= 4 is 23.9 Å². The Kier molecular flexibility index (Phi) is 6.82. The van der Waals surface area contributed by atoms with Crippen LogP contribution in [0.3, 0.4) is 0 Å². The zero-order chi connectivity index (χ0) is 20.7. The molecule has 1 unspecified atom stereocenters. The van der Waals surface area contributed by atoms with Crippen molar-refractivity contribution in [3.05, 3.63) is 71.3 Å². The fourth-order valence-corrected chi connectivity index (χ4v) is 2.99. The Hall–Kier alpha value is -3.28. The normalized spacial score (nSPS) is 12.1. The van der Waals surface area contributed by atoms with E-state index in [2.05, 4.69) is 0 Å². The third-order valence-corrected chi connectivity index (χ3v) is 4.57. The van der Waals surface area contributed by atoms with E-state index in [-0.39, 0.29) is 24.2 Å². The molecule has 146 valence electrons. The van der Waals surface area contributed by atoms with Gasteiger partial charge in [-0.05, 0) is 17.0 Å². The van der Waals surface area contributed by atoms with Crippen molar-refractivity contribution in [2.75, 3.05) is 0 Å². The quantitative estimate of drug-likeness (QED) is 0.311. The molecule has 2 rings (SSSR count). The number of ether oxygens (including phenoxy) is 1. The zero-order valence-corrected chi connectivity index (χ0v) is 15.9. The Balaban J connectivity index is 2.36. The van der Waals surface area contributed by atoms with E-state index in [1.807, 2.05) is 18.2 Å². The second-order valence-corrected chi connectivity index (χ2v) is 7.16. The second-order valence-electron chi connectivity index (χ2n) is 7.16. The number of amides is 1. The number of esters is 1. The molecule has 2 aromatic carbocycles. The van der Waals surface area contributed by atoms with Gasteiger partial charge in [-0.1, -0.05) is 62.4 Å². The molecule has 6 heteroatoms. The zero-order valence-electron chi connectivity index (χ0n) is 15.9. The van der Waals surface area contributed by atoms with Gasteiger partial charge in [0.1, 0.15) is 18.8 Å². The van der Waals surface area contributed by atoms with Crippen LogP contribution in [0.25, 0.3) is 0 Å². The van der Waals surface area contributed by atoms with Crippen LogP contribution in [0.15, 0.2) is 54.6 Å². The van der Waals surface area contributed by atoms with Crippen LogP contribution in [0.1, 0.15) is 46.5 Å². The van der Waals surface area contributed by atoms with Gasteiger partial charge in [-0.15, -0.1) is 0 Å². The number of carbonyl (C=O) groups is 4. The molecule has 6 nitrogen and oxygen atoms in total. The molecule has 0 aliphatic heterocycles. The van der Waals surface area contributed by atoms with Gasteiger partial charge in [0, 0.05) is 17.5 Å². The van der Waals surface area contributed by atoms with Crippen LogP contribution in [0.5, 0.6) is 0 Å². The van der Waals surface area contributed by atoms with Crippen LogP contribution < -0.4 is 5.73 Å². The van der Waals surface area contributed by atoms with E-state index in [0.29, 0.717) is 6.29 Å². The van der Waals surface area contributed by atoms with Crippen LogP contribution in [0.4, 0.5) is 0 Å². The number of aldehydes is 1. The molecule has 1 amide bonds. The van der Waals surface area contributed by atoms with Gasteiger partial charge < -0.3 is 15.3 Å². The van der Waals surface area contributed by atoms with E-state index in [0.717, 1.165) is 5.56 Å². The number of hydrogen-bond acceptors (Lipinski definition) is 5. The van der Waals surface area contributed by atoms with E-state index < -0.39 is 29.0 Å². The van der Waals surface area contributed by atoms with Gasteiger partial charge in [0.05, 0.1) is 0 Å². The highest BCUT2D eigenvalue weighted by Gasteiger charge is 2.43. The van der Waals surface area contributed by atoms with Crippen LogP contribution >= 0.6 is 0 Å². The van der Waals surface area contributed by atoms with Gasteiger partial charge in [0.2, 0.25) is 5.91 Å². The van der Waals surface area contributed by atoms with Gasteiger partial charge in [-0.3, -0.25) is 14.4 Å². The lowest BCUT2D eigenvalue weighted by Gasteiger charge is -2.30. The average molecular weight is 381 g/mol. The number of rotatable bonds is 9. The molecule has 0 saturated carbocycles. The lowest BCUT2D eigenvalue weighted by molar-refractivity contribution is -0.151. The molecule has 0 aromatic heterocycles. The molecule has 2 N–H and O–H groups in total. The van der Waals surface area contributed by atoms with Crippen LogP contribution in [-0.2, 0) is 20.9 Å². The highest BCUT2D eigenvalue weighted by molar-refractivity contribution is 6.14. The number of hydrogen-bond donors (Lipinski definition) is 1. The van der Waals surface area contributed by atoms with E-state index in [4.69, 9.17) is 10.5 Å². The highest BCUT2D eigenvalue weighted by atomic mass is 16.5. The number of Topliss-reactive ketones (excluding diaryl/α,β-unsaturated/α-hetero) is 1. The third kappa shape index (κ3) is 4.91. The molecule has 0 fully saturated rings. The van der Waals surface area contributed by atoms with Gasteiger partial charge in [-0.2, -0.15) is 0 Å². The van der Waals surface area contributed by atoms with Gasteiger partial charge in [0.15, 0.2) is 5.78 Å². The molecule has 0 saturated heterocycles. The smallest absolute Gasteiger partial charge is 0.317 e. The average Bonchev–Trinajstić information content (AvgIpc) is 2.67. The fourth-order valence-electron chi connectivity index (χ4n) is 2.99. The Morgan fingerprint density at radius 3 is 2.14 bits per heavy atom. The lowest BCUT2D eigenvalue weighted by Crippen LogP contribution is -2.39. The molecule has 0 radical (unpaired) electrons. The third-order valence-electron chi connectivity index (χ3n) is 4.57. The number of ketones is 1. The van der Waals surface area contributed by atoms with Gasteiger partial charge >= 0.3 is 5.97 Å². The predicted octanol–water partition coefficient (Wildman–Crippen LogP) is 2.94. The number of benzene rings is 2. The van der Waals surface area contributed by atoms with Crippen LogP contribution in [0, 0.1) is 11.3 Å². The first-order chi connectivity index (χ1) is 13.3. The van der Waals surface area contributed by atoms with E-state index in [1.165, 1.54) is 12.1 Å². The summed E-state index contributed by atoms with van der Waals surface area (Å²) in [5.41, 5.74) is 5.20. The Morgan fingerprint density at radius 2 is 1.57 bits per heavy atom. The molecular formula is C22H23NO5. The molecule has 0 heterocycles. The van der Waals surface area contributed by atoms with Crippen LogP contribution in [0.2, 0.25) is 0 Å². The number of nitrogens with two attached hydrogens (primary N) is 1. The molecule has 0 aliphatic rings.